The molecule has 1 saturated carbocycles. The fraction of sp³-hybridized carbons (Fsp3) is 0.667. The fourth-order valence-corrected chi connectivity index (χ4v) is 2.49. The summed E-state index contributed by atoms with van der Waals surface area (Å²) in [5.74, 6) is 1.66. The van der Waals surface area contributed by atoms with Crippen LogP contribution in [-0.2, 0) is 7.05 Å². The Morgan fingerprint density at radius 1 is 1.50 bits per heavy atom. The monoisotopic (exact) mass is 218 g/mol. The third-order valence-corrected chi connectivity index (χ3v) is 3.37. The van der Waals surface area contributed by atoms with E-state index in [2.05, 4.69) is 23.4 Å². The number of nitrogens with one attached hydrogen (secondary N) is 1. The van der Waals surface area contributed by atoms with Gasteiger partial charge in [0, 0.05) is 13.1 Å². The molecule has 1 aromatic rings. The van der Waals surface area contributed by atoms with Crippen molar-refractivity contribution in [1.82, 2.24) is 9.78 Å². The molecule has 86 valence electrons. The number of aryl methyl sites for hydroxylation is 2. The first-order valence-corrected chi connectivity index (χ1v) is 5.82. The zero-order chi connectivity index (χ0) is 11.7. The van der Waals surface area contributed by atoms with E-state index in [0.29, 0.717) is 11.6 Å². The van der Waals surface area contributed by atoms with Gasteiger partial charge < -0.3 is 5.32 Å². The average Bonchev–Trinajstić information content (AvgIpc) is 2.73. The van der Waals surface area contributed by atoms with Gasteiger partial charge in [-0.2, -0.15) is 10.4 Å². The number of rotatable bonds is 2. The zero-order valence-electron chi connectivity index (χ0n) is 10.1. The minimum Gasteiger partial charge on any atom is -0.366 e. The molecular formula is C12H18N4. The highest BCUT2D eigenvalue weighted by Crippen LogP contribution is 2.28. The Kier molecular flexibility index (Phi) is 2.86. The lowest BCUT2D eigenvalue weighted by Gasteiger charge is -2.14. The van der Waals surface area contributed by atoms with Crippen molar-refractivity contribution >= 4 is 5.82 Å². The van der Waals surface area contributed by atoms with Crippen LogP contribution in [0.5, 0.6) is 0 Å². The van der Waals surface area contributed by atoms with Gasteiger partial charge >= 0.3 is 0 Å². The predicted molar refractivity (Wildman–Crippen MR) is 63.1 cm³/mol. The Balaban J connectivity index is 2.18. The molecule has 4 heteroatoms. The van der Waals surface area contributed by atoms with E-state index >= 15 is 0 Å². The van der Waals surface area contributed by atoms with Gasteiger partial charge in [-0.3, -0.25) is 4.68 Å². The van der Waals surface area contributed by atoms with E-state index in [0.717, 1.165) is 17.4 Å². The van der Waals surface area contributed by atoms with Crippen LogP contribution in [0.2, 0.25) is 0 Å². The number of nitriles is 1. The SMILES string of the molecule is Cc1nn(C)c(NC2CCC(C)C2)c1C#N. The highest BCUT2D eigenvalue weighted by atomic mass is 15.3. The van der Waals surface area contributed by atoms with Gasteiger partial charge in [-0.25, -0.2) is 0 Å². The van der Waals surface area contributed by atoms with Crippen molar-refractivity contribution in [3.63, 3.8) is 0 Å². The standard InChI is InChI=1S/C12H18N4/c1-8-4-5-10(6-8)14-12-11(7-13)9(2)15-16(12)3/h8,10,14H,4-6H2,1-3H3. The minimum absolute atomic E-state index is 0.497. The average molecular weight is 218 g/mol. The van der Waals surface area contributed by atoms with Gasteiger partial charge in [-0.1, -0.05) is 6.92 Å². The van der Waals surface area contributed by atoms with Crippen LogP contribution in [0.4, 0.5) is 5.82 Å². The molecule has 16 heavy (non-hydrogen) atoms. The molecule has 0 radical (unpaired) electrons. The number of hydrogen-bond donors (Lipinski definition) is 1. The van der Waals surface area contributed by atoms with Crippen molar-refractivity contribution in [3.05, 3.63) is 11.3 Å². The first-order valence-electron chi connectivity index (χ1n) is 5.82. The summed E-state index contributed by atoms with van der Waals surface area (Å²) in [4.78, 5) is 0. The Morgan fingerprint density at radius 3 is 2.81 bits per heavy atom. The van der Waals surface area contributed by atoms with Gasteiger partial charge in [-0.05, 0) is 32.1 Å². The van der Waals surface area contributed by atoms with Gasteiger partial charge in [0.1, 0.15) is 17.5 Å². The van der Waals surface area contributed by atoms with Gasteiger partial charge in [0.05, 0.1) is 5.69 Å². The lowest BCUT2D eigenvalue weighted by atomic mass is 10.1. The molecule has 1 aliphatic carbocycles. The summed E-state index contributed by atoms with van der Waals surface area (Å²) < 4.78 is 1.77. The van der Waals surface area contributed by atoms with E-state index in [1.54, 1.807) is 4.68 Å². The molecule has 4 nitrogen and oxygen atoms in total. The molecule has 2 unspecified atom stereocenters. The summed E-state index contributed by atoms with van der Waals surface area (Å²) >= 11 is 0. The Labute approximate surface area is 96.3 Å². The molecule has 0 aromatic carbocycles. The number of nitrogens with zero attached hydrogens (tertiary/aromatic N) is 3. The minimum atomic E-state index is 0.497. The van der Waals surface area contributed by atoms with Crippen LogP contribution in [0, 0.1) is 24.2 Å². The highest BCUT2D eigenvalue weighted by Gasteiger charge is 2.23. The molecule has 1 heterocycles. The second kappa shape index (κ2) is 4.17. The zero-order valence-corrected chi connectivity index (χ0v) is 10.1. The topological polar surface area (TPSA) is 53.6 Å². The van der Waals surface area contributed by atoms with Crippen LogP contribution in [-0.4, -0.2) is 15.8 Å². The number of anilines is 1. The van der Waals surface area contributed by atoms with Crippen LogP contribution in [0.3, 0.4) is 0 Å². The first kappa shape index (κ1) is 11.0. The van der Waals surface area contributed by atoms with E-state index in [9.17, 15) is 0 Å². The van der Waals surface area contributed by atoms with Gasteiger partial charge in [0.2, 0.25) is 0 Å². The smallest absolute Gasteiger partial charge is 0.142 e. The fourth-order valence-electron chi connectivity index (χ4n) is 2.49. The molecule has 1 aromatic heterocycles. The summed E-state index contributed by atoms with van der Waals surface area (Å²) in [5.41, 5.74) is 1.49. The van der Waals surface area contributed by atoms with E-state index in [1.807, 2.05) is 14.0 Å². The van der Waals surface area contributed by atoms with Crippen LogP contribution in [0.15, 0.2) is 0 Å². The molecular weight excluding hydrogens is 200 g/mol. The van der Waals surface area contributed by atoms with Crippen molar-refractivity contribution in [3.8, 4) is 6.07 Å². The summed E-state index contributed by atoms with van der Waals surface area (Å²) in [5, 5.41) is 16.8. The normalized spacial score (nSPS) is 24.4. The summed E-state index contributed by atoms with van der Waals surface area (Å²) in [6, 6.07) is 2.72. The van der Waals surface area contributed by atoms with Crippen LogP contribution in [0.25, 0.3) is 0 Å². The molecule has 0 aliphatic heterocycles. The van der Waals surface area contributed by atoms with E-state index in [1.165, 1.54) is 19.3 Å². The van der Waals surface area contributed by atoms with Crippen molar-refractivity contribution in [2.45, 2.75) is 39.2 Å². The van der Waals surface area contributed by atoms with Crippen molar-refractivity contribution in [1.29, 1.82) is 5.26 Å². The van der Waals surface area contributed by atoms with E-state index in [4.69, 9.17) is 5.26 Å². The Bertz CT molecular complexity index is 427. The highest BCUT2D eigenvalue weighted by molar-refractivity contribution is 5.55. The van der Waals surface area contributed by atoms with Crippen molar-refractivity contribution in [2.75, 3.05) is 5.32 Å². The van der Waals surface area contributed by atoms with Crippen LogP contribution >= 0.6 is 0 Å². The predicted octanol–water partition coefficient (Wildman–Crippen LogP) is 2.20. The van der Waals surface area contributed by atoms with E-state index in [-0.39, 0.29) is 0 Å². The quantitative estimate of drug-likeness (QED) is 0.828. The van der Waals surface area contributed by atoms with Crippen molar-refractivity contribution < 1.29 is 0 Å². The third kappa shape index (κ3) is 1.90. The van der Waals surface area contributed by atoms with Crippen LogP contribution < -0.4 is 5.32 Å². The summed E-state index contributed by atoms with van der Waals surface area (Å²) in [6.07, 6.45) is 3.65. The third-order valence-electron chi connectivity index (χ3n) is 3.37. The molecule has 1 N–H and O–H groups in total. The van der Waals surface area contributed by atoms with Gasteiger partial charge in [-0.15, -0.1) is 0 Å². The summed E-state index contributed by atoms with van der Waals surface area (Å²) in [7, 11) is 1.88. The molecule has 0 saturated heterocycles. The maximum absolute atomic E-state index is 9.10. The first-order chi connectivity index (χ1) is 7.61. The van der Waals surface area contributed by atoms with Gasteiger partial charge in [0.15, 0.2) is 0 Å². The second-order valence-electron chi connectivity index (χ2n) is 4.80. The molecule has 1 fully saturated rings. The number of aromatic nitrogens is 2. The molecule has 0 spiro atoms. The van der Waals surface area contributed by atoms with E-state index < -0.39 is 0 Å². The van der Waals surface area contributed by atoms with Gasteiger partial charge in [0.25, 0.3) is 0 Å². The lowest BCUT2D eigenvalue weighted by Crippen LogP contribution is -2.18. The molecule has 2 rings (SSSR count). The largest absolute Gasteiger partial charge is 0.366 e. The molecule has 0 bridgehead atoms. The second-order valence-corrected chi connectivity index (χ2v) is 4.80. The lowest BCUT2D eigenvalue weighted by molar-refractivity contribution is 0.600. The van der Waals surface area contributed by atoms with Crippen molar-refractivity contribution in [2.24, 2.45) is 13.0 Å². The maximum Gasteiger partial charge on any atom is 0.142 e. The van der Waals surface area contributed by atoms with Crippen LogP contribution in [0.1, 0.15) is 37.4 Å². The molecule has 1 aliphatic rings. The number of hydrogen-bond acceptors (Lipinski definition) is 3. The summed E-state index contributed by atoms with van der Waals surface area (Å²) in [6.45, 7) is 4.16. The Hall–Kier alpha value is -1.50. The molecule has 2 atom stereocenters. The maximum atomic E-state index is 9.10. The molecule has 0 amide bonds. The Morgan fingerprint density at radius 2 is 2.25 bits per heavy atom.